The zero-order valence-electron chi connectivity index (χ0n) is 6.30. The van der Waals surface area contributed by atoms with Crippen LogP contribution in [0.5, 0.6) is 0 Å². The fraction of sp³-hybridized carbons (Fsp3) is 0.800. The highest BCUT2D eigenvalue weighted by atomic mass is 127. The maximum absolute atomic E-state index is 8.92. The first-order valence-electron chi connectivity index (χ1n) is 2.98. The summed E-state index contributed by atoms with van der Waals surface area (Å²) in [6, 6.07) is 0.185. The molecule has 0 aliphatic rings. The molecule has 0 spiro atoms. The Bertz CT molecular complexity index is 122. The van der Waals surface area contributed by atoms with Gasteiger partial charge in [-0.1, -0.05) is 5.28 Å². The summed E-state index contributed by atoms with van der Waals surface area (Å²) < 4.78 is 0.772. The lowest BCUT2D eigenvalue weighted by atomic mass is 10.4. The van der Waals surface area contributed by atoms with Gasteiger partial charge in [-0.3, -0.25) is 5.21 Å². The predicted molar refractivity (Wildman–Crippen MR) is 49.0 cm³/mol. The lowest BCUT2D eigenvalue weighted by Gasteiger charge is -2.14. The first-order chi connectivity index (χ1) is 4.52. The third-order valence-corrected chi connectivity index (χ3v) is 0.822. The van der Waals surface area contributed by atoms with E-state index in [1.54, 1.807) is 6.92 Å². The van der Waals surface area contributed by atoms with Crippen molar-refractivity contribution < 1.29 is 5.21 Å². The van der Waals surface area contributed by atoms with Gasteiger partial charge >= 0.3 is 0 Å². The highest BCUT2D eigenvalue weighted by molar-refractivity contribution is 14.1. The lowest BCUT2D eigenvalue weighted by Crippen LogP contribution is -2.36. The molecular formula is C5H12IN3O. The van der Waals surface area contributed by atoms with Gasteiger partial charge in [0.15, 0.2) is 0 Å². The molecule has 0 bridgehead atoms. The number of rotatable bonds is 3. The van der Waals surface area contributed by atoms with Gasteiger partial charge in [-0.25, -0.2) is 0 Å². The Hall–Kier alpha value is 0.120. The van der Waals surface area contributed by atoms with Crippen molar-refractivity contribution in [1.29, 1.82) is 0 Å². The van der Waals surface area contributed by atoms with Gasteiger partial charge < -0.3 is 0 Å². The Morgan fingerprint density at radius 3 is 2.50 bits per heavy atom. The summed E-state index contributed by atoms with van der Waals surface area (Å²) in [5, 5.41) is 13.3. The molecule has 0 heterocycles. The average Bonchev–Trinajstić information content (AvgIpc) is 1.58. The van der Waals surface area contributed by atoms with E-state index >= 15 is 0 Å². The second-order valence-electron chi connectivity index (χ2n) is 2.17. The zero-order chi connectivity index (χ0) is 8.15. The summed E-state index contributed by atoms with van der Waals surface area (Å²) in [7, 11) is 0. The lowest BCUT2D eigenvalue weighted by molar-refractivity contribution is -0.142. The number of nitrogens with one attached hydrogen (secondary N) is 1. The van der Waals surface area contributed by atoms with Crippen LogP contribution in [0, 0.1) is 0 Å². The molecule has 2 N–H and O–H groups in total. The number of nitrogens with zero attached hydrogens (tertiary/aromatic N) is 2. The van der Waals surface area contributed by atoms with Crippen LogP contribution in [0.1, 0.15) is 20.8 Å². The highest BCUT2D eigenvalue weighted by Gasteiger charge is 1.96. The first-order valence-corrected chi connectivity index (χ1v) is 4.06. The van der Waals surface area contributed by atoms with Crippen molar-refractivity contribution in [3.8, 4) is 0 Å². The Balaban J connectivity index is 3.64. The number of hydrazone groups is 1. The van der Waals surface area contributed by atoms with Crippen LogP contribution in [0.2, 0.25) is 0 Å². The fourth-order valence-electron chi connectivity index (χ4n) is 0.390. The Morgan fingerprint density at radius 2 is 2.20 bits per heavy atom. The van der Waals surface area contributed by atoms with E-state index in [1.807, 2.05) is 36.4 Å². The van der Waals surface area contributed by atoms with Crippen molar-refractivity contribution >= 4 is 26.3 Å². The molecule has 0 amide bonds. The third-order valence-electron chi connectivity index (χ3n) is 0.606. The molecule has 0 saturated carbocycles. The molecule has 0 radical (unpaired) electrons. The summed E-state index contributed by atoms with van der Waals surface area (Å²) in [5.41, 5.74) is 2.67. The van der Waals surface area contributed by atoms with Gasteiger partial charge in [0.25, 0.3) is 0 Å². The molecule has 0 aromatic rings. The SMILES string of the molecule is C/C(I)=N/N(O)NC(C)C. The van der Waals surface area contributed by atoms with Crippen molar-refractivity contribution in [2.75, 3.05) is 0 Å². The second kappa shape index (κ2) is 4.86. The standard InChI is InChI=1S/C5H12IN3O/c1-4(2)7-9(10)8-5(3)6/h4,7,10H,1-3H3/b8-5-. The molecular weight excluding hydrogens is 245 g/mol. The van der Waals surface area contributed by atoms with Gasteiger partial charge in [0, 0.05) is 6.04 Å². The summed E-state index contributed by atoms with van der Waals surface area (Å²) in [6.45, 7) is 5.63. The van der Waals surface area contributed by atoms with E-state index in [-0.39, 0.29) is 6.04 Å². The van der Waals surface area contributed by atoms with Crippen molar-refractivity contribution in [3.05, 3.63) is 0 Å². The number of hydrogen-bond donors (Lipinski definition) is 2. The van der Waals surface area contributed by atoms with E-state index in [0.29, 0.717) is 0 Å². The Morgan fingerprint density at radius 1 is 1.70 bits per heavy atom. The van der Waals surface area contributed by atoms with Crippen LogP contribution in [0.25, 0.3) is 0 Å². The molecule has 0 aliphatic carbocycles. The molecule has 0 aromatic heterocycles. The van der Waals surface area contributed by atoms with Crippen LogP contribution in [-0.4, -0.2) is 20.2 Å². The molecule has 0 atom stereocenters. The first kappa shape index (κ1) is 10.1. The number of halogens is 1. The van der Waals surface area contributed by atoms with Crippen molar-refractivity contribution in [2.45, 2.75) is 26.8 Å². The quantitative estimate of drug-likeness (QED) is 0.456. The minimum Gasteiger partial charge on any atom is -0.257 e. The van der Waals surface area contributed by atoms with Crippen molar-refractivity contribution in [3.63, 3.8) is 0 Å². The van der Waals surface area contributed by atoms with Crippen LogP contribution in [0.15, 0.2) is 5.10 Å². The molecule has 0 fully saturated rings. The smallest absolute Gasteiger partial charge is 0.0995 e. The van der Waals surface area contributed by atoms with Crippen LogP contribution >= 0.6 is 22.6 Å². The van der Waals surface area contributed by atoms with Gasteiger partial charge in [-0.15, -0.1) is 5.10 Å². The molecule has 0 rings (SSSR count). The van der Waals surface area contributed by atoms with E-state index in [0.717, 1.165) is 9.00 Å². The van der Waals surface area contributed by atoms with E-state index < -0.39 is 0 Å². The zero-order valence-corrected chi connectivity index (χ0v) is 8.45. The van der Waals surface area contributed by atoms with Gasteiger partial charge in [0.1, 0.15) is 0 Å². The maximum atomic E-state index is 8.92. The van der Waals surface area contributed by atoms with Gasteiger partial charge in [0.05, 0.1) is 3.72 Å². The third kappa shape index (κ3) is 6.24. The normalized spacial score (nSPS) is 12.4. The van der Waals surface area contributed by atoms with Crippen molar-refractivity contribution in [2.24, 2.45) is 5.10 Å². The van der Waals surface area contributed by atoms with Gasteiger partial charge in [-0.2, -0.15) is 5.43 Å². The average molecular weight is 257 g/mol. The van der Waals surface area contributed by atoms with Gasteiger partial charge in [0.2, 0.25) is 0 Å². The van der Waals surface area contributed by atoms with E-state index in [4.69, 9.17) is 5.21 Å². The molecule has 60 valence electrons. The van der Waals surface area contributed by atoms with Crippen LogP contribution in [0.3, 0.4) is 0 Å². The molecule has 10 heavy (non-hydrogen) atoms. The molecule has 0 unspecified atom stereocenters. The van der Waals surface area contributed by atoms with E-state index in [1.165, 1.54) is 0 Å². The molecule has 4 nitrogen and oxygen atoms in total. The molecule has 5 heteroatoms. The summed E-state index contributed by atoms with van der Waals surface area (Å²) in [5.74, 6) is 0. The van der Waals surface area contributed by atoms with Crippen LogP contribution in [0.4, 0.5) is 0 Å². The van der Waals surface area contributed by atoms with E-state index in [9.17, 15) is 0 Å². The van der Waals surface area contributed by atoms with Crippen molar-refractivity contribution in [1.82, 2.24) is 10.7 Å². The molecule has 0 saturated heterocycles. The molecule has 0 aliphatic heterocycles. The maximum Gasteiger partial charge on any atom is 0.0995 e. The highest BCUT2D eigenvalue weighted by Crippen LogP contribution is 1.90. The van der Waals surface area contributed by atoms with Crippen LogP contribution < -0.4 is 5.43 Å². The Kier molecular flexibility index (Phi) is 4.92. The number of hydrazine groups is 1. The second-order valence-corrected chi connectivity index (χ2v) is 3.73. The summed E-state index contributed by atoms with van der Waals surface area (Å²) >= 11 is 2.01. The fourth-order valence-corrected chi connectivity index (χ4v) is 0.595. The topological polar surface area (TPSA) is 47.9 Å². The largest absolute Gasteiger partial charge is 0.257 e. The van der Waals surface area contributed by atoms with Crippen LogP contribution in [-0.2, 0) is 0 Å². The summed E-state index contributed by atoms with van der Waals surface area (Å²) in [4.78, 5) is 0. The predicted octanol–water partition coefficient (Wildman–Crippen LogP) is 1.36. The minimum atomic E-state index is 0.185. The monoisotopic (exact) mass is 257 g/mol. The van der Waals surface area contributed by atoms with Gasteiger partial charge in [-0.05, 0) is 43.4 Å². The van der Waals surface area contributed by atoms with E-state index in [2.05, 4.69) is 10.5 Å². The molecule has 0 aromatic carbocycles. The summed E-state index contributed by atoms with van der Waals surface area (Å²) in [6.07, 6.45) is 0. The Labute approximate surface area is 74.4 Å². The number of hydrogen-bond acceptors (Lipinski definition) is 4. The minimum absolute atomic E-state index is 0.185.